The van der Waals surface area contributed by atoms with Gasteiger partial charge in [-0.15, -0.1) is 0 Å². The van der Waals surface area contributed by atoms with E-state index in [0.29, 0.717) is 0 Å². The summed E-state index contributed by atoms with van der Waals surface area (Å²) >= 11 is 0. The predicted octanol–water partition coefficient (Wildman–Crippen LogP) is 0.0938. The van der Waals surface area contributed by atoms with E-state index in [1.165, 1.54) is 0 Å². The Hall–Kier alpha value is -0.120. The molecule has 0 aliphatic carbocycles. The zero-order valence-electron chi connectivity index (χ0n) is 7.05. The summed E-state index contributed by atoms with van der Waals surface area (Å²) in [5.74, 6) is 5.65. The fourth-order valence-electron chi connectivity index (χ4n) is 1.52. The van der Waals surface area contributed by atoms with Crippen LogP contribution >= 0.6 is 0 Å². The molecule has 0 radical (unpaired) electrons. The van der Waals surface area contributed by atoms with E-state index in [9.17, 15) is 5.11 Å². The van der Waals surface area contributed by atoms with Crippen LogP contribution in [0, 0.1) is 0 Å². The maximum absolute atomic E-state index is 9.34. The lowest BCUT2D eigenvalue weighted by Crippen LogP contribution is -2.32. The quantitative estimate of drug-likeness (QED) is 0.405. The molecule has 1 aliphatic rings. The van der Waals surface area contributed by atoms with Crippen LogP contribution in [0.25, 0.3) is 0 Å². The third kappa shape index (κ3) is 0.603. The SMILES string of the molecule is C[C@H](O)[C@@]1(C)N(N)C1(C)C. The summed E-state index contributed by atoms with van der Waals surface area (Å²) < 4.78 is 0. The first-order valence-electron chi connectivity index (χ1n) is 3.58. The number of nitrogens with zero attached hydrogens (tertiary/aromatic N) is 1. The van der Waals surface area contributed by atoms with Gasteiger partial charge in [-0.3, -0.25) is 5.84 Å². The third-order valence-corrected chi connectivity index (χ3v) is 3.10. The lowest BCUT2D eigenvalue weighted by Gasteiger charge is -2.14. The topological polar surface area (TPSA) is 49.3 Å². The van der Waals surface area contributed by atoms with Crippen molar-refractivity contribution in [3.8, 4) is 0 Å². The second-order valence-corrected chi connectivity index (χ2v) is 3.75. The minimum atomic E-state index is -0.368. The summed E-state index contributed by atoms with van der Waals surface area (Å²) in [6.07, 6.45) is -0.368. The second-order valence-electron chi connectivity index (χ2n) is 3.75. The van der Waals surface area contributed by atoms with Crippen molar-refractivity contribution < 1.29 is 5.11 Å². The summed E-state index contributed by atoms with van der Waals surface area (Å²) in [7, 11) is 0. The maximum atomic E-state index is 9.34. The Bertz CT molecular complexity index is 156. The van der Waals surface area contributed by atoms with Crippen LogP contribution in [0.15, 0.2) is 0 Å². The van der Waals surface area contributed by atoms with Crippen LogP contribution in [-0.2, 0) is 0 Å². The van der Waals surface area contributed by atoms with Crippen LogP contribution in [-0.4, -0.2) is 27.3 Å². The third-order valence-electron chi connectivity index (χ3n) is 3.10. The van der Waals surface area contributed by atoms with Crippen LogP contribution in [0.4, 0.5) is 0 Å². The molecule has 0 saturated carbocycles. The van der Waals surface area contributed by atoms with E-state index in [4.69, 9.17) is 5.84 Å². The monoisotopic (exact) mass is 144 g/mol. The number of hydrazine groups is 1. The number of aliphatic hydroxyl groups is 1. The molecule has 0 aromatic rings. The first-order valence-corrected chi connectivity index (χ1v) is 3.58. The van der Waals surface area contributed by atoms with Crippen molar-refractivity contribution in [3.63, 3.8) is 0 Å². The van der Waals surface area contributed by atoms with Gasteiger partial charge in [0, 0.05) is 0 Å². The summed E-state index contributed by atoms with van der Waals surface area (Å²) in [5, 5.41) is 11.0. The van der Waals surface area contributed by atoms with E-state index in [0.717, 1.165) is 0 Å². The normalized spacial score (nSPS) is 46.8. The van der Waals surface area contributed by atoms with Gasteiger partial charge in [-0.1, -0.05) is 0 Å². The molecule has 3 nitrogen and oxygen atoms in total. The van der Waals surface area contributed by atoms with Crippen LogP contribution in [0.5, 0.6) is 0 Å². The van der Waals surface area contributed by atoms with E-state index in [1.54, 1.807) is 11.9 Å². The second kappa shape index (κ2) is 1.72. The number of nitrogens with two attached hydrogens (primary N) is 1. The van der Waals surface area contributed by atoms with Gasteiger partial charge in [0.1, 0.15) is 0 Å². The van der Waals surface area contributed by atoms with Gasteiger partial charge in [0.05, 0.1) is 17.2 Å². The fraction of sp³-hybridized carbons (Fsp3) is 1.00. The predicted molar refractivity (Wildman–Crippen MR) is 40.2 cm³/mol. The van der Waals surface area contributed by atoms with Crippen molar-refractivity contribution in [2.45, 2.75) is 44.9 Å². The molecule has 3 N–H and O–H groups in total. The highest BCUT2D eigenvalue weighted by Gasteiger charge is 2.67. The van der Waals surface area contributed by atoms with E-state index in [-0.39, 0.29) is 17.2 Å². The summed E-state index contributed by atoms with van der Waals surface area (Å²) in [6, 6.07) is 0. The molecular formula is C7H16N2O. The molecule has 1 unspecified atom stereocenters. The molecule has 0 amide bonds. The van der Waals surface area contributed by atoms with Crippen LogP contribution in [0.1, 0.15) is 27.7 Å². The smallest absolute Gasteiger partial charge is 0.0777 e. The summed E-state index contributed by atoms with van der Waals surface area (Å²) in [4.78, 5) is 0. The molecule has 60 valence electrons. The Labute approximate surface area is 61.8 Å². The van der Waals surface area contributed by atoms with Crippen molar-refractivity contribution in [1.29, 1.82) is 0 Å². The molecule has 1 heterocycles. The number of rotatable bonds is 1. The van der Waals surface area contributed by atoms with E-state index in [2.05, 4.69) is 0 Å². The van der Waals surface area contributed by atoms with Crippen molar-refractivity contribution in [2.24, 2.45) is 5.84 Å². The van der Waals surface area contributed by atoms with Crippen LogP contribution in [0.3, 0.4) is 0 Å². The molecule has 3 heteroatoms. The minimum Gasteiger partial charge on any atom is -0.391 e. The van der Waals surface area contributed by atoms with Gasteiger partial charge in [-0.2, -0.15) is 0 Å². The Balaban J connectivity index is 2.78. The summed E-state index contributed by atoms with van der Waals surface area (Å²) in [5.41, 5.74) is -0.284. The molecule has 1 rings (SSSR count). The lowest BCUT2D eigenvalue weighted by molar-refractivity contribution is 0.128. The van der Waals surface area contributed by atoms with Crippen molar-refractivity contribution in [2.75, 3.05) is 0 Å². The largest absolute Gasteiger partial charge is 0.391 e. The highest BCUT2D eigenvalue weighted by molar-refractivity contribution is 5.22. The molecule has 0 aromatic heterocycles. The zero-order valence-corrected chi connectivity index (χ0v) is 7.05. The Morgan fingerprint density at radius 2 is 1.70 bits per heavy atom. The lowest BCUT2D eigenvalue weighted by atomic mass is 9.93. The van der Waals surface area contributed by atoms with Gasteiger partial charge in [0.25, 0.3) is 0 Å². The van der Waals surface area contributed by atoms with Gasteiger partial charge in [0.15, 0.2) is 0 Å². The standard InChI is InChI=1S/C7H16N2O/c1-5(10)7(4)6(2,3)9(7)8/h5,10H,8H2,1-4H3/t5-,7+,9?/m0/s1. The molecular weight excluding hydrogens is 128 g/mol. The van der Waals surface area contributed by atoms with Gasteiger partial charge in [-0.05, 0) is 27.7 Å². The molecule has 0 aromatic carbocycles. The fourth-order valence-corrected chi connectivity index (χ4v) is 1.52. The van der Waals surface area contributed by atoms with Crippen LogP contribution in [0.2, 0.25) is 0 Å². The van der Waals surface area contributed by atoms with E-state index < -0.39 is 0 Å². The number of aliphatic hydroxyl groups excluding tert-OH is 1. The molecule has 1 fully saturated rings. The first kappa shape index (κ1) is 7.98. The zero-order chi connectivity index (χ0) is 8.15. The van der Waals surface area contributed by atoms with E-state index >= 15 is 0 Å². The Morgan fingerprint density at radius 1 is 1.40 bits per heavy atom. The van der Waals surface area contributed by atoms with Crippen molar-refractivity contribution >= 4 is 0 Å². The molecule has 1 saturated heterocycles. The molecule has 0 spiro atoms. The van der Waals surface area contributed by atoms with E-state index in [1.807, 2.05) is 20.8 Å². The molecule has 3 atom stereocenters. The van der Waals surface area contributed by atoms with Crippen molar-refractivity contribution in [3.05, 3.63) is 0 Å². The first-order chi connectivity index (χ1) is 4.35. The average Bonchev–Trinajstić information content (AvgIpc) is 2.16. The number of hydrogen-bond donors (Lipinski definition) is 2. The highest BCUT2D eigenvalue weighted by atomic mass is 16.3. The maximum Gasteiger partial charge on any atom is 0.0777 e. The van der Waals surface area contributed by atoms with Gasteiger partial charge in [0.2, 0.25) is 0 Å². The van der Waals surface area contributed by atoms with Gasteiger partial charge < -0.3 is 5.11 Å². The molecule has 1 aliphatic heterocycles. The highest BCUT2D eigenvalue weighted by Crippen LogP contribution is 2.49. The molecule has 0 bridgehead atoms. The van der Waals surface area contributed by atoms with Crippen molar-refractivity contribution in [1.82, 2.24) is 5.01 Å². The van der Waals surface area contributed by atoms with Gasteiger partial charge >= 0.3 is 0 Å². The number of hydrogen-bond acceptors (Lipinski definition) is 3. The summed E-state index contributed by atoms with van der Waals surface area (Å²) in [6.45, 7) is 7.80. The Kier molecular flexibility index (Phi) is 1.38. The molecule has 10 heavy (non-hydrogen) atoms. The van der Waals surface area contributed by atoms with Gasteiger partial charge in [-0.25, -0.2) is 5.01 Å². The average molecular weight is 144 g/mol. The Morgan fingerprint density at radius 3 is 1.70 bits per heavy atom. The van der Waals surface area contributed by atoms with Crippen LogP contribution < -0.4 is 5.84 Å². The minimum absolute atomic E-state index is 0.0544.